The summed E-state index contributed by atoms with van der Waals surface area (Å²) in [4.78, 5) is 10.9. The summed E-state index contributed by atoms with van der Waals surface area (Å²) in [6.07, 6.45) is 0.695. The Kier molecular flexibility index (Phi) is 6.10. The Balaban J connectivity index is 1.98. The average molecular weight is 425 g/mol. The summed E-state index contributed by atoms with van der Waals surface area (Å²) in [5.74, 6) is 1.31. The Labute approximate surface area is 172 Å². The second-order valence-electron chi connectivity index (χ2n) is 6.22. The number of aldehydes is 1. The second-order valence-corrected chi connectivity index (χ2v) is 7.44. The zero-order valence-electron chi connectivity index (χ0n) is 14.6. The van der Waals surface area contributed by atoms with Crippen LogP contribution in [-0.4, -0.2) is 11.4 Å². The van der Waals surface area contributed by atoms with Gasteiger partial charge in [-0.1, -0.05) is 59.9 Å². The standard InChI is InChI=1S/C20H16Cl3NO3/c1-11(2)20-14(10-26-13-7-6-12(9-25)17(23)8-13)19(24-27-20)18-15(21)4-3-5-16(18)22/h3-9,11H,10H2,1-2H3. The molecule has 0 saturated heterocycles. The van der Waals surface area contributed by atoms with Gasteiger partial charge in [0.15, 0.2) is 6.29 Å². The Morgan fingerprint density at radius 1 is 1.11 bits per heavy atom. The van der Waals surface area contributed by atoms with Crippen molar-refractivity contribution in [1.82, 2.24) is 5.16 Å². The van der Waals surface area contributed by atoms with Gasteiger partial charge in [0.25, 0.3) is 0 Å². The highest BCUT2D eigenvalue weighted by Crippen LogP contribution is 2.38. The van der Waals surface area contributed by atoms with Gasteiger partial charge in [0.1, 0.15) is 23.8 Å². The van der Waals surface area contributed by atoms with Crippen LogP contribution in [-0.2, 0) is 6.61 Å². The lowest BCUT2D eigenvalue weighted by molar-refractivity contribution is 0.112. The van der Waals surface area contributed by atoms with Gasteiger partial charge >= 0.3 is 0 Å². The molecule has 0 unspecified atom stereocenters. The van der Waals surface area contributed by atoms with Crippen LogP contribution in [0.2, 0.25) is 15.1 Å². The summed E-state index contributed by atoms with van der Waals surface area (Å²) in [5.41, 5.74) is 2.31. The SMILES string of the molecule is CC(C)c1onc(-c2c(Cl)cccc2Cl)c1COc1ccc(C=O)c(Cl)c1. The molecular formula is C20H16Cl3NO3. The lowest BCUT2D eigenvalue weighted by atomic mass is 10.0. The molecule has 0 amide bonds. The van der Waals surface area contributed by atoms with Crippen LogP contribution < -0.4 is 4.74 Å². The number of benzene rings is 2. The fraction of sp³-hybridized carbons (Fsp3) is 0.200. The third-order valence-corrected chi connectivity index (χ3v) is 4.98. The van der Waals surface area contributed by atoms with Crippen LogP contribution in [0.5, 0.6) is 5.75 Å². The number of carbonyl (C=O) groups excluding carboxylic acids is 1. The molecule has 1 aromatic heterocycles. The van der Waals surface area contributed by atoms with Gasteiger partial charge in [0.05, 0.1) is 20.6 Å². The van der Waals surface area contributed by atoms with Crippen molar-refractivity contribution in [2.24, 2.45) is 0 Å². The summed E-state index contributed by atoms with van der Waals surface area (Å²) < 4.78 is 11.4. The average Bonchev–Trinajstić information content (AvgIpc) is 3.04. The number of hydrogen-bond acceptors (Lipinski definition) is 4. The molecule has 2 aromatic carbocycles. The molecule has 0 N–H and O–H groups in total. The minimum atomic E-state index is 0.0899. The first-order valence-corrected chi connectivity index (χ1v) is 9.36. The molecule has 0 atom stereocenters. The number of carbonyl (C=O) groups is 1. The molecular weight excluding hydrogens is 409 g/mol. The smallest absolute Gasteiger partial charge is 0.151 e. The quantitative estimate of drug-likeness (QED) is 0.407. The molecule has 0 fully saturated rings. The van der Waals surface area contributed by atoms with Crippen molar-refractivity contribution in [3.63, 3.8) is 0 Å². The fourth-order valence-electron chi connectivity index (χ4n) is 2.68. The lowest BCUT2D eigenvalue weighted by Crippen LogP contribution is -2.01. The van der Waals surface area contributed by atoms with Crippen molar-refractivity contribution < 1.29 is 14.1 Å². The van der Waals surface area contributed by atoms with E-state index in [-0.39, 0.29) is 12.5 Å². The van der Waals surface area contributed by atoms with E-state index in [1.165, 1.54) is 0 Å². The minimum Gasteiger partial charge on any atom is -0.489 e. The van der Waals surface area contributed by atoms with Gasteiger partial charge in [0.2, 0.25) is 0 Å². The van der Waals surface area contributed by atoms with Crippen molar-refractivity contribution in [3.8, 4) is 17.0 Å². The Hall–Kier alpha value is -2.01. The Morgan fingerprint density at radius 3 is 2.41 bits per heavy atom. The fourth-order valence-corrected chi connectivity index (χ4v) is 3.48. The number of rotatable bonds is 6. The zero-order chi connectivity index (χ0) is 19.6. The summed E-state index contributed by atoms with van der Waals surface area (Å²) in [6, 6.07) is 10.1. The van der Waals surface area contributed by atoms with Crippen LogP contribution in [0.3, 0.4) is 0 Å². The van der Waals surface area contributed by atoms with E-state index < -0.39 is 0 Å². The molecule has 7 heteroatoms. The van der Waals surface area contributed by atoms with E-state index in [9.17, 15) is 4.79 Å². The van der Waals surface area contributed by atoms with Crippen LogP contribution >= 0.6 is 34.8 Å². The van der Waals surface area contributed by atoms with E-state index in [2.05, 4.69) is 5.16 Å². The van der Waals surface area contributed by atoms with Gasteiger partial charge in [-0.3, -0.25) is 4.79 Å². The molecule has 3 aromatic rings. The minimum absolute atomic E-state index is 0.0899. The van der Waals surface area contributed by atoms with Gasteiger partial charge in [-0.2, -0.15) is 0 Å². The highest BCUT2D eigenvalue weighted by Gasteiger charge is 2.23. The first-order chi connectivity index (χ1) is 12.9. The number of halogens is 3. The van der Waals surface area contributed by atoms with E-state index in [1.807, 2.05) is 13.8 Å². The highest BCUT2D eigenvalue weighted by atomic mass is 35.5. The number of nitrogens with zero attached hydrogens (tertiary/aromatic N) is 1. The molecule has 0 aliphatic heterocycles. The Morgan fingerprint density at radius 2 is 1.81 bits per heavy atom. The van der Waals surface area contributed by atoms with Crippen LogP contribution in [0.25, 0.3) is 11.3 Å². The zero-order valence-corrected chi connectivity index (χ0v) is 16.9. The molecule has 0 bridgehead atoms. The second kappa shape index (κ2) is 8.34. The van der Waals surface area contributed by atoms with E-state index in [4.69, 9.17) is 44.1 Å². The van der Waals surface area contributed by atoms with Crippen molar-refractivity contribution in [1.29, 1.82) is 0 Å². The van der Waals surface area contributed by atoms with Crippen LogP contribution in [0.15, 0.2) is 40.9 Å². The van der Waals surface area contributed by atoms with Crippen molar-refractivity contribution in [2.75, 3.05) is 0 Å². The maximum atomic E-state index is 10.9. The molecule has 4 nitrogen and oxygen atoms in total. The molecule has 3 rings (SSSR count). The van der Waals surface area contributed by atoms with Gasteiger partial charge in [-0.25, -0.2) is 0 Å². The van der Waals surface area contributed by atoms with Crippen molar-refractivity contribution in [3.05, 3.63) is 68.4 Å². The molecule has 140 valence electrons. The van der Waals surface area contributed by atoms with Gasteiger partial charge in [0, 0.05) is 17.0 Å². The first kappa shape index (κ1) is 19.7. The third kappa shape index (κ3) is 4.13. The van der Waals surface area contributed by atoms with Crippen LogP contribution in [0.4, 0.5) is 0 Å². The summed E-state index contributed by atoms with van der Waals surface area (Å²) in [6.45, 7) is 4.18. The summed E-state index contributed by atoms with van der Waals surface area (Å²) >= 11 is 18.7. The first-order valence-electron chi connectivity index (χ1n) is 8.22. The van der Waals surface area contributed by atoms with Crippen molar-refractivity contribution >= 4 is 41.1 Å². The molecule has 0 aliphatic rings. The van der Waals surface area contributed by atoms with Gasteiger partial charge < -0.3 is 9.26 Å². The molecule has 0 saturated carbocycles. The Bertz CT molecular complexity index is 962. The number of hydrogen-bond donors (Lipinski definition) is 0. The van der Waals surface area contributed by atoms with Crippen molar-refractivity contribution in [2.45, 2.75) is 26.4 Å². The predicted octanol–water partition coefficient (Wildman–Crippen LogP) is 6.82. The van der Waals surface area contributed by atoms with E-state index in [0.717, 1.165) is 5.56 Å². The molecule has 27 heavy (non-hydrogen) atoms. The van der Waals surface area contributed by atoms with Gasteiger partial charge in [-0.15, -0.1) is 0 Å². The third-order valence-electron chi connectivity index (χ3n) is 4.02. The molecule has 1 heterocycles. The van der Waals surface area contributed by atoms with E-state index in [1.54, 1.807) is 36.4 Å². The lowest BCUT2D eigenvalue weighted by Gasteiger charge is -2.11. The maximum Gasteiger partial charge on any atom is 0.151 e. The molecule has 0 radical (unpaired) electrons. The summed E-state index contributed by atoms with van der Waals surface area (Å²) in [5, 5.41) is 5.47. The van der Waals surface area contributed by atoms with E-state index in [0.29, 0.717) is 49.7 Å². The maximum absolute atomic E-state index is 10.9. The van der Waals surface area contributed by atoms with E-state index >= 15 is 0 Å². The highest BCUT2D eigenvalue weighted by molar-refractivity contribution is 6.39. The largest absolute Gasteiger partial charge is 0.489 e. The number of ether oxygens (including phenoxy) is 1. The molecule has 0 spiro atoms. The monoisotopic (exact) mass is 423 g/mol. The normalized spacial score (nSPS) is 11.0. The molecule has 0 aliphatic carbocycles. The van der Waals surface area contributed by atoms with Gasteiger partial charge in [-0.05, 0) is 30.3 Å². The predicted molar refractivity (Wildman–Crippen MR) is 107 cm³/mol. The van der Waals surface area contributed by atoms with Crippen LogP contribution in [0.1, 0.15) is 41.4 Å². The topological polar surface area (TPSA) is 52.3 Å². The van der Waals surface area contributed by atoms with Crippen LogP contribution in [0, 0.1) is 0 Å². The summed E-state index contributed by atoms with van der Waals surface area (Å²) in [7, 11) is 0. The number of aromatic nitrogens is 1.